The summed E-state index contributed by atoms with van der Waals surface area (Å²) in [5, 5.41) is 0. The van der Waals surface area contributed by atoms with Crippen LogP contribution >= 0.6 is 31.9 Å². The number of aryl methyl sites for hydroxylation is 1. The second-order valence-corrected chi connectivity index (χ2v) is 8.43. The maximum Gasteiger partial charge on any atom is 0.0178 e. The Morgan fingerprint density at radius 1 is 0.955 bits per heavy atom. The van der Waals surface area contributed by atoms with Gasteiger partial charge in [0, 0.05) is 10.4 Å². The van der Waals surface area contributed by atoms with Crippen LogP contribution in [0.4, 0.5) is 0 Å². The third-order valence-corrected chi connectivity index (χ3v) is 6.29. The Morgan fingerprint density at radius 2 is 1.73 bits per heavy atom. The van der Waals surface area contributed by atoms with Crippen LogP contribution in [0.2, 0.25) is 0 Å². The van der Waals surface area contributed by atoms with E-state index in [9.17, 15) is 0 Å². The summed E-state index contributed by atoms with van der Waals surface area (Å²) in [7, 11) is 0. The molecular formula is C20H18Br2. The van der Waals surface area contributed by atoms with Gasteiger partial charge in [0.15, 0.2) is 0 Å². The Morgan fingerprint density at radius 3 is 2.50 bits per heavy atom. The first kappa shape index (κ1) is 14.7. The predicted molar refractivity (Wildman–Crippen MR) is 99.6 cm³/mol. The van der Waals surface area contributed by atoms with Crippen molar-refractivity contribution in [3.63, 3.8) is 0 Å². The van der Waals surface area contributed by atoms with E-state index in [4.69, 9.17) is 0 Å². The molecule has 0 nitrogen and oxygen atoms in total. The molecule has 2 aromatic rings. The molecule has 0 amide bonds. The molecule has 2 aliphatic carbocycles. The number of hydrogen-bond acceptors (Lipinski definition) is 0. The van der Waals surface area contributed by atoms with Crippen molar-refractivity contribution in [2.45, 2.75) is 31.6 Å². The van der Waals surface area contributed by atoms with Gasteiger partial charge < -0.3 is 0 Å². The Kier molecular flexibility index (Phi) is 3.78. The van der Waals surface area contributed by atoms with E-state index in [0.717, 1.165) is 6.42 Å². The highest BCUT2D eigenvalue weighted by atomic mass is 79.9. The van der Waals surface area contributed by atoms with Crippen molar-refractivity contribution in [3.05, 3.63) is 79.7 Å². The van der Waals surface area contributed by atoms with Crippen molar-refractivity contribution >= 4 is 31.9 Å². The van der Waals surface area contributed by atoms with Gasteiger partial charge in [-0.1, -0.05) is 73.8 Å². The average molecular weight is 418 g/mol. The molecule has 0 N–H and O–H groups in total. The van der Waals surface area contributed by atoms with Crippen LogP contribution in [-0.2, 0) is 0 Å². The van der Waals surface area contributed by atoms with Crippen LogP contribution in [0.5, 0.6) is 0 Å². The molecule has 2 heteroatoms. The van der Waals surface area contributed by atoms with Gasteiger partial charge >= 0.3 is 0 Å². The summed E-state index contributed by atoms with van der Waals surface area (Å²) in [4.78, 5) is 0. The molecule has 112 valence electrons. The minimum absolute atomic E-state index is 0.478. The van der Waals surface area contributed by atoms with E-state index in [2.05, 4.69) is 87.3 Å². The highest BCUT2D eigenvalue weighted by Gasteiger charge is 2.41. The van der Waals surface area contributed by atoms with Gasteiger partial charge in [0.05, 0.1) is 0 Å². The van der Waals surface area contributed by atoms with Crippen molar-refractivity contribution in [3.8, 4) is 0 Å². The summed E-state index contributed by atoms with van der Waals surface area (Å²) in [6.45, 7) is 2.16. The quantitative estimate of drug-likeness (QED) is 0.485. The average Bonchev–Trinajstić information content (AvgIpc) is 2.80. The van der Waals surface area contributed by atoms with Gasteiger partial charge in [0.2, 0.25) is 0 Å². The number of rotatable bonds is 1. The zero-order valence-electron chi connectivity index (χ0n) is 12.5. The molecule has 0 saturated carbocycles. The molecule has 0 radical (unpaired) electrons. The van der Waals surface area contributed by atoms with Crippen LogP contribution in [0.25, 0.3) is 0 Å². The van der Waals surface area contributed by atoms with Gasteiger partial charge in [-0.25, -0.2) is 0 Å². The van der Waals surface area contributed by atoms with E-state index in [1.165, 1.54) is 32.1 Å². The number of halogens is 2. The van der Waals surface area contributed by atoms with Gasteiger partial charge in [0.1, 0.15) is 0 Å². The molecular weight excluding hydrogens is 400 g/mol. The van der Waals surface area contributed by atoms with Gasteiger partial charge in [-0.3, -0.25) is 0 Å². The molecule has 0 bridgehead atoms. The third kappa shape index (κ3) is 2.41. The SMILES string of the molecule is Cc1ccc(C2c3cc(Br)ccc3C3CCC(Br)=CC32)cc1. The van der Waals surface area contributed by atoms with Gasteiger partial charge in [-0.2, -0.15) is 0 Å². The molecule has 0 aromatic heterocycles. The van der Waals surface area contributed by atoms with Crippen LogP contribution in [0, 0.1) is 12.8 Å². The lowest BCUT2D eigenvalue weighted by Gasteiger charge is -2.27. The first-order valence-electron chi connectivity index (χ1n) is 7.85. The number of hydrogen-bond donors (Lipinski definition) is 0. The van der Waals surface area contributed by atoms with E-state index in [1.807, 2.05) is 0 Å². The molecule has 0 heterocycles. The van der Waals surface area contributed by atoms with E-state index >= 15 is 0 Å². The maximum atomic E-state index is 3.75. The van der Waals surface area contributed by atoms with E-state index in [1.54, 1.807) is 5.56 Å². The summed E-state index contributed by atoms with van der Waals surface area (Å²) in [6, 6.07) is 16.0. The third-order valence-electron chi connectivity index (χ3n) is 5.14. The molecule has 4 rings (SSSR count). The largest absolute Gasteiger partial charge is 0.0697 e. The standard InChI is InChI=1S/C20H18Br2/c1-12-2-4-13(5-3-12)20-18-10-14(21)6-8-16(18)17-9-7-15(22)11-19(17)20/h2-6,8,10-11,17,19-20H,7,9H2,1H3. The topological polar surface area (TPSA) is 0 Å². The fourth-order valence-corrected chi connectivity index (χ4v) is 5.03. The van der Waals surface area contributed by atoms with E-state index < -0.39 is 0 Å². The second kappa shape index (κ2) is 5.65. The summed E-state index contributed by atoms with van der Waals surface area (Å²) < 4.78 is 2.56. The molecule has 2 aromatic carbocycles. The zero-order valence-corrected chi connectivity index (χ0v) is 15.7. The molecule has 3 atom stereocenters. The van der Waals surface area contributed by atoms with Crippen LogP contribution in [0.1, 0.15) is 46.9 Å². The maximum absolute atomic E-state index is 3.75. The molecule has 0 saturated heterocycles. The monoisotopic (exact) mass is 416 g/mol. The van der Waals surface area contributed by atoms with Crippen molar-refractivity contribution in [2.24, 2.45) is 5.92 Å². The van der Waals surface area contributed by atoms with Crippen LogP contribution in [0.15, 0.2) is 57.5 Å². The van der Waals surface area contributed by atoms with Gasteiger partial charge in [0.25, 0.3) is 0 Å². The zero-order chi connectivity index (χ0) is 15.3. The fraction of sp³-hybridized carbons (Fsp3) is 0.300. The minimum atomic E-state index is 0.478. The van der Waals surface area contributed by atoms with Crippen molar-refractivity contribution in [2.75, 3.05) is 0 Å². The van der Waals surface area contributed by atoms with E-state index in [0.29, 0.717) is 17.8 Å². The summed E-state index contributed by atoms with van der Waals surface area (Å²) in [5.74, 6) is 1.72. The summed E-state index contributed by atoms with van der Waals surface area (Å²) in [6.07, 6.45) is 4.88. The molecule has 2 aliphatic rings. The summed E-state index contributed by atoms with van der Waals surface area (Å²) >= 11 is 7.41. The lowest BCUT2D eigenvalue weighted by molar-refractivity contribution is 0.461. The second-order valence-electron chi connectivity index (χ2n) is 6.50. The Bertz CT molecular complexity index is 743. The molecule has 3 unspecified atom stereocenters. The first-order chi connectivity index (χ1) is 10.6. The highest BCUT2D eigenvalue weighted by Crippen LogP contribution is 2.55. The Hall–Kier alpha value is -0.860. The van der Waals surface area contributed by atoms with Crippen molar-refractivity contribution in [1.82, 2.24) is 0 Å². The predicted octanol–water partition coefficient (Wildman–Crippen LogP) is 6.68. The molecule has 0 spiro atoms. The molecule has 0 fully saturated rings. The van der Waals surface area contributed by atoms with Crippen LogP contribution < -0.4 is 0 Å². The number of benzene rings is 2. The Labute approximate surface area is 148 Å². The molecule has 22 heavy (non-hydrogen) atoms. The molecule has 0 aliphatic heterocycles. The lowest BCUT2D eigenvalue weighted by atomic mass is 9.78. The van der Waals surface area contributed by atoms with Crippen LogP contribution in [-0.4, -0.2) is 0 Å². The Balaban J connectivity index is 1.89. The van der Waals surface area contributed by atoms with Crippen molar-refractivity contribution in [1.29, 1.82) is 0 Å². The van der Waals surface area contributed by atoms with E-state index in [-0.39, 0.29) is 0 Å². The van der Waals surface area contributed by atoms with Crippen LogP contribution in [0.3, 0.4) is 0 Å². The first-order valence-corrected chi connectivity index (χ1v) is 9.44. The van der Waals surface area contributed by atoms with Gasteiger partial charge in [-0.05, 0) is 64.9 Å². The summed E-state index contributed by atoms with van der Waals surface area (Å²) in [5.41, 5.74) is 5.82. The van der Waals surface area contributed by atoms with Crippen molar-refractivity contribution < 1.29 is 0 Å². The number of allylic oxidation sites excluding steroid dienone is 2. The smallest absolute Gasteiger partial charge is 0.0178 e. The minimum Gasteiger partial charge on any atom is -0.0697 e. The van der Waals surface area contributed by atoms with Gasteiger partial charge in [-0.15, -0.1) is 0 Å². The fourth-order valence-electron chi connectivity index (χ4n) is 4.12. The normalized spacial score (nSPS) is 26.3. The lowest BCUT2D eigenvalue weighted by Crippen LogP contribution is -2.15. The highest BCUT2D eigenvalue weighted by molar-refractivity contribution is 9.11. The number of fused-ring (bicyclic) bond motifs is 3.